The summed E-state index contributed by atoms with van der Waals surface area (Å²) in [6.45, 7) is 3.83. The van der Waals surface area contributed by atoms with Crippen LogP contribution in [-0.2, 0) is 30.3 Å². The number of hydrogen-bond acceptors (Lipinski definition) is 9. The molecule has 1 aromatic rings. The van der Waals surface area contributed by atoms with Crippen molar-refractivity contribution in [3.63, 3.8) is 0 Å². The van der Waals surface area contributed by atoms with E-state index in [1.54, 1.807) is 17.9 Å². The van der Waals surface area contributed by atoms with E-state index in [4.69, 9.17) is 19.0 Å². The number of carbonyl (C=O) groups excluding carboxylic acids is 2. The SMILES string of the molecule is CO/N=C1\C=C\CC(OCC(=O)N2CCOCC2)/C=C/C[C@@H](C)OC(=O)c2c(O)cc(O)cc2C1. The summed E-state index contributed by atoms with van der Waals surface area (Å²) >= 11 is 0. The number of allylic oxidation sites excluding steroid dienone is 1. The number of benzene rings is 1. The highest BCUT2D eigenvalue weighted by molar-refractivity contribution is 6.00. The van der Waals surface area contributed by atoms with Gasteiger partial charge in [0, 0.05) is 32.0 Å². The number of esters is 1. The van der Waals surface area contributed by atoms with E-state index in [0.717, 1.165) is 6.07 Å². The number of ether oxygens (including phenoxy) is 3. The average molecular weight is 489 g/mol. The van der Waals surface area contributed by atoms with Crippen molar-refractivity contribution in [3.8, 4) is 11.5 Å². The van der Waals surface area contributed by atoms with E-state index < -0.39 is 12.1 Å². The van der Waals surface area contributed by atoms with E-state index in [0.29, 0.717) is 50.4 Å². The minimum atomic E-state index is -0.708. The Bertz CT molecular complexity index is 982. The van der Waals surface area contributed by atoms with Gasteiger partial charge < -0.3 is 34.2 Å². The molecule has 190 valence electrons. The molecule has 0 radical (unpaired) electrons. The number of morpholine rings is 1. The minimum absolute atomic E-state index is 0.0317. The minimum Gasteiger partial charge on any atom is -0.508 e. The second kappa shape index (κ2) is 12.9. The highest BCUT2D eigenvalue weighted by Crippen LogP contribution is 2.29. The van der Waals surface area contributed by atoms with Gasteiger partial charge in [-0.2, -0.15) is 0 Å². The molecule has 0 aliphatic carbocycles. The van der Waals surface area contributed by atoms with E-state index in [9.17, 15) is 19.8 Å². The summed E-state index contributed by atoms with van der Waals surface area (Å²) < 4.78 is 16.7. The van der Waals surface area contributed by atoms with Gasteiger partial charge in [0.15, 0.2) is 0 Å². The molecule has 0 saturated carbocycles. The second-order valence-electron chi connectivity index (χ2n) is 8.30. The first kappa shape index (κ1) is 26.2. The van der Waals surface area contributed by atoms with Gasteiger partial charge in [0.25, 0.3) is 0 Å². The molecule has 10 nitrogen and oxygen atoms in total. The van der Waals surface area contributed by atoms with Gasteiger partial charge in [0.2, 0.25) is 5.91 Å². The van der Waals surface area contributed by atoms with Crippen LogP contribution in [0.3, 0.4) is 0 Å². The Kier molecular flexibility index (Phi) is 9.68. The van der Waals surface area contributed by atoms with Crippen LogP contribution in [0.1, 0.15) is 35.7 Å². The first-order valence-electron chi connectivity index (χ1n) is 11.5. The molecule has 3 rings (SSSR count). The highest BCUT2D eigenvalue weighted by atomic mass is 16.6. The predicted molar refractivity (Wildman–Crippen MR) is 127 cm³/mol. The molecule has 0 spiro atoms. The van der Waals surface area contributed by atoms with Gasteiger partial charge in [-0.15, -0.1) is 0 Å². The quantitative estimate of drug-likeness (QED) is 0.376. The van der Waals surface area contributed by atoms with Gasteiger partial charge in [-0.1, -0.05) is 23.4 Å². The first-order chi connectivity index (χ1) is 16.9. The molecule has 0 bridgehead atoms. The van der Waals surface area contributed by atoms with Gasteiger partial charge in [0.05, 0.1) is 25.0 Å². The van der Waals surface area contributed by atoms with Crippen molar-refractivity contribution in [1.29, 1.82) is 0 Å². The van der Waals surface area contributed by atoms with Crippen molar-refractivity contribution in [1.82, 2.24) is 4.90 Å². The molecule has 2 atom stereocenters. The Morgan fingerprint density at radius 2 is 1.97 bits per heavy atom. The van der Waals surface area contributed by atoms with E-state index in [-0.39, 0.29) is 42.1 Å². The van der Waals surface area contributed by atoms with Crippen LogP contribution in [0.25, 0.3) is 0 Å². The molecule has 1 unspecified atom stereocenters. The first-order valence-corrected chi connectivity index (χ1v) is 11.5. The zero-order valence-electron chi connectivity index (χ0n) is 20.0. The summed E-state index contributed by atoms with van der Waals surface area (Å²) in [6, 6.07) is 2.48. The average Bonchev–Trinajstić information content (AvgIpc) is 2.81. The van der Waals surface area contributed by atoms with Gasteiger partial charge in [0.1, 0.15) is 36.9 Å². The standard InChI is InChI=1S/C25H32N2O8/c1-17-5-3-7-21(34-16-23(30)27-9-11-33-12-10-27)8-4-6-19(26-32-2)13-18-14-20(28)15-22(29)24(18)25(31)35-17/h3-4,6-7,14-15,17,21,28-29H,5,8-13,16H2,1-2H3/b6-4+,7-3+,26-19+/t17-,21?/m1/s1. The van der Waals surface area contributed by atoms with E-state index in [1.807, 2.05) is 18.2 Å². The number of rotatable bonds is 4. The van der Waals surface area contributed by atoms with Crippen molar-refractivity contribution >= 4 is 17.6 Å². The molecule has 2 heterocycles. The van der Waals surface area contributed by atoms with Crippen LogP contribution in [0.2, 0.25) is 0 Å². The number of hydrogen-bond donors (Lipinski definition) is 2. The summed E-state index contributed by atoms with van der Waals surface area (Å²) in [5.74, 6) is -1.37. The number of oxime groups is 1. The molecule has 2 aliphatic heterocycles. The van der Waals surface area contributed by atoms with Crippen molar-refractivity contribution in [2.45, 2.75) is 38.4 Å². The van der Waals surface area contributed by atoms with Crippen LogP contribution in [0.15, 0.2) is 41.6 Å². The van der Waals surface area contributed by atoms with Gasteiger partial charge in [-0.3, -0.25) is 4.79 Å². The Morgan fingerprint density at radius 3 is 2.71 bits per heavy atom. The van der Waals surface area contributed by atoms with Crippen LogP contribution in [0.5, 0.6) is 11.5 Å². The molecular formula is C25H32N2O8. The Hall–Kier alpha value is -3.37. The lowest BCUT2D eigenvalue weighted by Gasteiger charge is -2.27. The third-order valence-corrected chi connectivity index (χ3v) is 5.56. The monoisotopic (exact) mass is 488 g/mol. The molecule has 1 fully saturated rings. The van der Waals surface area contributed by atoms with Crippen LogP contribution >= 0.6 is 0 Å². The zero-order valence-corrected chi connectivity index (χ0v) is 20.0. The fraction of sp³-hybridized carbons (Fsp3) is 0.480. The Morgan fingerprint density at radius 1 is 1.20 bits per heavy atom. The molecule has 2 N–H and O–H groups in total. The number of nitrogens with zero attached hydrogens (tertiary/aromatic N) is 2. The number of amides is 1. The van der Waals surface area contributed by atoms with Crippen LogP contribution in [-0.4, -0.2) is 84.9 Å². The number of carbonyl (C=O) groups is 2. The normalized spacial score (nSPS) is 24.7. The lowest BCUT2D eigenvalue weighted by Crippen LogP contribution is -2.42. The maximum atomic E-state index is 12.8. The number of aromatic hydroxyl groups is 2. The second-order valence-corrected chi connectivity index (χ2v) is 8.30. The Labute approximate surface area is 204 Å². The molecule has 10 heteroatoms. The molecule has 1 amide bonds. The smallest absolute Gasteiger partial charge is 0.342 e. The molecule has 0 aromatic heterocycles. The van der Waals surface area contributed by atoms with Gasteiger partial charge >= 0.3 is 5.97 Å². The van der Waals surface area contributed by atoms with Crippen LogP contribution in [0.4, 0.5) is 0 Å². The summed E-state index contributed by atoms with van der Waals surface area (Å²) in [5.41, 5.74) is 0.760. The topological polar surface area (TPSA) is 127 Å². The number of phenolic OH excluding ortho intramolecular Hbond substituents is 2. The van der Waals surface area contributed by atoms with Gasteiger partial charge in [-0.05, 0) is 31.1 Å². The van der Waals surface area contributed by atoms with Crippen molar-refractivity contribution in [2.24, 2.45) is 5.16 Å². The zero-order chi connectivity index (χ0) is 25.2. The number of cyclic esters (lactones) is 1. The maximum absolute atomic E-state index is 12.8. The molecule has 35 heavy (non-hydrogen) atoms. The maximum Gasteiger partial charge on any atom is 0.342 e. The molecule has 2 aliphatic rings. The van der Waals surface area contributed by atoms with Crippen molar-refractivity contribution in [3.05, 3.63) is 47.6 Å². The Balaban J connectivity index is 1.80. The summed E-state index contributed by atoms with van der Waals surface area (Å²) in [4.78, 5) is 31.9. The third-order valence-electron chi connectivity index (χ3n) is 5.56. The van der Waals surface area contributed by atoms with Crippen molar-refractivity contribution in [2.75, 3.05) is 40.0 Å². The fourth-order valence-electron chi connectivity index (χ4n) is 3.81. The molecule has 1 aromatic carbocycles. The van der Waals surface area contributed by atoms with Crippen LogP contribution in [0, 0.1) is 0 Å². The van der Waals surface area contributed by atoms with E-state index in [2.05, 4.69) is 5.16 Å². The highest BCUT2D eigenvalue weighted by Gasteiger charge is 2.23. The van der Waals surface area contributed by atoms with E-state index >= 15 is 0 Å². The van der Waals surface area contributed by atoms with Gasteiger partial charge in [-0.25, -0.2) is 4.79 Å². The number of phenols is 2. The lowest BCUT2D eigenvalue weighted by atomic mass is 9.99. The molecule has 1 saturated heterocycles. The summed E-state index contributed by atoms with van der Waals surface area (Å²) in [5, 5.41) is 24.3. The third kappa shape index (κ3) is 7.83. The summed E-state index contributed by atoms with van der Waals surface area (Å²) in [7, 11) is 1.40. The largest absolute Gasteiger partial charge is 0.508 e. The van der Waals surface area contributed by atoms with Crippen molar-refractivity contribution < 1.29 is 38.9 Å². The van der Waals surface area contributed by atoms with Crippen LogP contribution < -0.4 is 0 Å². The fourth-order valence-corrected chi connectivity index (χ4v) is 3.81. The number of fused-ring (bicyclic) bond motifs is 1. The van der Waals surface area contributed by atoms with E-state index in [1.165, 1.54) is 13.2 Å². The molecular weight excluding hydrogens is 456 g/mol. The predicted octanol–water partition coefficient (Wildman–Crippen LogP) is 2.34. The lowest BCUT2D eigenvalue weighted by molar-refractivity contribution is -0.141. The summed E-state index contributed by atoms with van der Waals surface area (Å²) in [6.07, 6.45) is 7.32.